The molecule has 2 heterocycles. The molecule has 27 heavy (non-hydrogen) atoms. The van der Waals surface area contributed by atoms with Crippen molar-refractivity contribution in [1.29, 1.82) is 0 Å². The van der Waals surface area contributed by atoms with Crippen molar-refractivity contribution in [3.63, 3.8) is 0 Å². The third-order valence-electron chi connectivity index (χ3n) is 3.20. The average Bonchev–Trinajstić information content (AvgIpc) is 3.16. The number of benzene rings is 1. The Morgan fingerprint density at radius 2 is 1.96 bits per heavy atom. The molecule has 0 bridgehead atoms. The average molecular weight is 444 g/mol. The number of carbonyl (C=O) groups excluding carboxylic acids is 1. The van der Waals surface area contributed by atoms with E-state index in [1.807, 2.05) is 0 Å². The molecular formula is C15H14ClN5O3S3. The van der Waals surface area contributed by atoms with Crippen molar-refractivity contribution in [1.82, 2.24) is 10.2 Å². The number of sulfonamides is 1. The van der Waals surface area contributed by atoms with Crippen LogP contribution in [0, 0.1) is 0 Å². The van der Waals surface area contributed by atoms with E-state index in [4.69, 9.17) is 11.6 Å². The van der Waals surface area contributed by atoms with Gasteiger partial charge in [-0.1, -0.05) is 35.1 Å². The van der Waals surface area contributed by atoms with Crippen LogP contribution in [0.1, 0.15) is 0 Å². The number of rotatable bonds is 6. The van der Waals surface area contributed by atoms with Crippen LogP contribution >= 0.6 is 35.1 Å². The van der Waals surface area contributed by atoms with E-state index in [0.717, 1.165) is 16.7 Å². The molecule has 142 valence electrons. The van der Waals surface area contributed by atoms with Gasteiger partial charge in [0.1, 0.15) is 4.38 Å². The van der Waals surface area contributed by atoms with Gasteiger partial charge < -0.3 is 5.32 Å². The van der Waals surface area contributed by atoms with E-state index in [1.54, 1.807) is 11.8 Å². The number of nitrogens with zero attached hydrogens (tertiary/aromatic N) is 3. The molecule has 2 aromatic rings. The summed E-state index contributed by atoms with van der Waals surface area (Å²) in [4.78, 5) is 16.3. The molecule has 0 atom stereocenters. The van der Waals surface area contributed by atoms with Gasteiger partial charge in [0.15, 0.2) is 11.0 Å². The predicted molar refractivity (Wildman–Crippen MR) is 110 cm³/mol. The van der Waals surface area contributed by atoms with Crippen molar-refractivity contribution in [3.8, 4) is 0 Å². The number of thioether (sulfide) groups is 2. The highest BCUT2D eigenvalue weighted by molar-refractivity contribution is 8.39. The van der Waals surface area contributed by atoms with E-state index in [0.29, 0.717) is 5.69 Å². The van der Waals surface area contributed by atoms with Gasteiger partial charge in [-0.05, 0) is 36.4 Å². The Morgan fingerprint density at radius 3 is 2.59 bits per heavy atom. The number of aliphatic imine (C=N–C) groups is 1. The van der Waals surface area contributed by atoms with E-state index >= 15 is 0 Å². The van der Waals surface area contributed by atoms with E-state index in [9.17, 15) is 13.2 Å². The molecule has 12 heteroatoms. The minimum Gasteiger partial charge on any atom is -0.325 e. The summed E-state index contributed by atoms with van der Waals surface area (Å²) in [5.74, 6) is 1.08. The molecule has 0 spiro atoms. The molecule has 1 amide bonds. The van der Waals surface area contributed by atoms with E-state index in [2.05, 4.69) is 25.2 Å². The zero-order chi connectivity index (χ0) is 19.3. The van der Waals surface area contributed by atoms with E-state index in [-0.39, 0.29) is 27.5 Å². The number of amides is 1. The molecule has 1 aromatic heterocycles. The van der Waals surface area contributed by atoms with Crippen molar-refractivity contribution in [2.24, 2.45) is 4.99 Å². The van der Waals surface area contributed by atoms with Gasteiger partial charge in [-0.15, -0.1) is 10.2 Å². The van der Waals surface area contributed by atoms with Gasteiger partial charge >= 0.3 is 0 Å². The van der Waals surface area contributed by atoms with Crippen molar-refractivity contribution in [2.45, 2.75) is 4.90 Å². The van der Waals surface area contributed by atoms with Crippen molar-refractivity contribution >= 4 is 66.9 Å². The molecule has 0 saturated heterocycles. The number of hydrogen-bond acceptors (Lipinski definition) is 8. The highest BCUT2D eigenvalue weighted by Gasteiger charge is 2.16. The van der Waals surface area contributed by atoms with E-state index in [1.165, 1.54) is 48.2 Å². The predicted octanol–water partition coefficient (Wildman–Crippen LogP) is 2.71. The van der Waals surface area contributed by atoms with Crippen LogP contribution in [-0.2, 0) is 14.8 Å². The summed E-state index contributed by atoms with van der Waals surface area (Å²) in [5, 5.41) is 10.1. The number of anilines is 2. The van der Waals surface area contributed by atoms with Crippen LogP contribution in [0.25, 0.3) is 0 Å². The fraction of sp³-hybridized carbons (Fsp3) is 0.200. The first-order chi connectivity index (χ1) is 12.9. The first kappa shape index (κ1) is 19.9. The standard InChI is InChI=1S/C15H14ClN5O3S3/c16-12-5-6-13(20-19-12)21-27(23,24)11-3-1-10(2-4-11)18-14(22)9-26-15-17-7-8-25-15/h1-6H,7-9H2,(H,18,22)(H,20,21). The lowest BCUT2D eigenvalue weighted by molar-refractivity contribution is -0.113. The minimum absolute atomic E-state index is 0.0309. The van der Waals surface area contributed by atoms with Crippen LogP contribution in [-0.4, -0.2) is 46.9 Å². The lowest BCUT2D eigenvalue weighted by atomic mass is 10.3. The lowest BCUT2D eigenvalue weighted by Crippen LogP contribution is -2.16. The largest absolute Gasteiger partial charge is 0.325 e. The van der Waals surface area contributed by atoms with Crippen LogP contribution in [0.2, 0.25) is 5.15 Å². The van der Waals surface area contributed by atoms with Crippen molar-refractivity contribution in [2.75, 3.05) is 28.1 Å². The SMILES string of the molecule is O=C(CSC1=NCCS1)Nc1ccc(S(=O)(=O)Nc2ccc(Cl)nn2)cc1. The summed E-state index contributed by atoms with van der Waals surface area (Å²) in [6.45, 7) is 0.792. The monoisotopic (exact) mass is 443 g/mol. The van der Waals surface area contributed by atoms with Crippen LogP contribution in [0.15, 0.2) is 46.3 Å². The second kappa shape index (κ2) is 8.91. The van der Waals surface area contributed by atoms with Gasteiger partial charge in [0.05, 0.1) is 17.2 Å². The number of carbonyl (C=O) groups is 1. The molecule has 1 aliphatic rings. The van der Waals surface area contributed by atoms with E-state index < -0.39 is 10.0 Å². The van der Waals surface area contributed by atoms with Crippen LogP contribution in [0.5, 0.6) is 0 Å². The Kier molecular flexibility index (Phi) is 6.58. The molecule has 0 radical (unpaired) electrons. The second-order valence-corrected chi connectivity index (χ2v) is 9.58. The molecule has 0 saturated carbocycles. The Bertz CT molecular complexity index is 950. The van der Waals surface area contributed by atoms with Gasteiger partial charge in [-0.2, -0.15) is 0 Å². The third kappa shape index (κ3) is 5.83. The van der Waals surface area contributed by atoms with Crippen molar-refractivity contribution < 1.29 is 13.2 Å². The zero-order valence-electron chi connectivity index (χ0n) is 13.8. The van der Waals surface area contributed by atoms with Crippen LogP contribution in [0.3, 0.4) is 0 Å². The quantitative estimate of drug-likeness (QED) is 0.705. The maximum absolute atomic E-state index is 12.4. The van der Waals surface area contributed by atoms with Gasteiger partial charge in [0, 0.05) is 11.4 Å². The maximum atomic E-state index is 12.4. The highest BCUT2D eigenvalue weighted by atomic mass is 35.5. The summed E-state index contributed by atoms with van der Waals surface area (Å²) in [6, 6.07) is 8.67. The second-order valence-electron chi connectivity index (χ2n) is 5.20. The first-order valence-electron chi connectivity index (χ1n) is 7.64. The molecule has 1 aliphatic heterocycles. The summed E-state index contributed by atoms with van der Waals surface area (Å²) in [5.41, 5.74) is 0.506. The Hall–Kier alpha value is -1.82. The lowest BCUT2D eigenvalue weighted by Gasteiger charge is -2.08. The topological polar surface area (TPSA) is 113 Å². The molecule has 0 fully saturated rings. The highest BCUT2D eigenvalue weighted by Crippen LogP contribution is 2.22. The normalized spacial score (nSPS) is 13.9. The van der Waals surface area contributed by atoms with Crippen LogP contribution in [0.4, 0.5) is 11.5 Å². The fourth-order valence-corrected chi connectivity index (χ4v) is 4.92. The van der Waals surface area contributed by atoms with Gasteiger partial charge in [0.25, 0.3) is 10.0 Å². The maximum Gasteiger partial charge on any atom is 0.263 e. The van der Waals surface area contributed by atoms with Crippen LogP contribution < -0.4 is 10.0 Å². The number of aromatic nitrogens is 2. The zero-order valence-corrected chi connectivity index (χ0v) is 17.0. The Labute approximate surface area is 169 Å². The Morgan fingerprint density at radius 1 is 1.19 bits per heavy atom. The van der Waals surface area contributed by atoms with Crippen molar-refractivity contribution in [3.05, 3.63) is 41.6 Å². The fourth-order valence-electron chi connectivity index (χ4n) is 2.01. The summed E-state index contributed by atoms with van der Waals surface area (Å²) in [7, 11) is -3.82. The minimum atomic E-state index is -3.82. The smallest absolute Gasteiger partial charge is 0.263 e. The van der Waals surface area contributed by atoms with Gasteiger partial charge in [0.2, 0.25) is 5.91 Å². The number of nitrogens with one attached hydrogen (secondary N) is 2. The Balaban J connectivity index is 1.58. The molecule has 0 aliphatic carbocycles. The number of halogens is 1. The molecule has 8 nitrogen and oxygen atoms in total. The van der Waals surface area contributed by atoms with Gasteiger partial charge in [-0.25, -0.2) is 8.42 Å². The molecule has 0 unspecified atom stereocenters. The summed E-state index contributed by atoms with van der Waals surface area (Å²) < 4.78 is 27.9. The molecular weight excluding hydrogens is 430 g/mol. The van der Waals surface area contributed by atoms with Gasteiger partial charge in [-0.3, -0.25) is 14.5 Å². The summed E-state index contributed by atoms with van der Waals surface area (Å²) in [6.07, 6.45) is 0. The number of hydrogen-bond donors (Lipinski definition) is 2. The molecule has 1 aromatic carbocycles. The molecule has 3 rings (SSSR count). The first-order valence-corrected chi connectivity index (χ1v) is 11.5. The summed E-state index contributed by atoms with van der Waals surface area (Å²) >= 11 is 8.66. The third-order valence-corrected chi connectivity index (χ3v) is 7.03. The molecule has 2 N–H and O–H groups in total.